The number of aromatic nitrogens is 2. The molecule has 1 aliphatic rings. The first-order chi connectivity index (χ1) is 20.3. The van der Waals surface area contributed by atoms with E-state index < -0.39 is 0 Å². The van der Waals surface area contributed by atoms with Crippen LogP contribution in [0, 0.1) is 0 Å². The predicted molar refractivity (Wildman–Crippen MR) is 169 cm³/mol. The van der Waals surface area contributed by atoms with Crippen molar-refractivity contribution in [2.24, 2.45) is 0 Å². The number of rotatable bonds is 4. The quantitative estimate of drug-likeness (QED) is 0.224. The molecule has 2 aromatic heterocycles. The lowest BCUT2D eigenvalue weighted by Gasteiger charge is -2.29. The summed E-state index contributed by atoms with van der Waals surface area (Å²) < 4.78 is 2.41. The molecule has 2 heterocycles. The van der Waals surface area contributed by atoms with E-state index in [0.29, 0.717) is 0 Å². The summed E-state index contributed by atoms with van der Waals surface area (Å²) in [5.74, 6) is 1.15. The van der Waals surface area contributed by atoms with Crippen molar-refractivity contribution in [3.05, 3.63) is 168 Å². The van der Waals surface area contributed by atoms with Crippen LogP contribution in [0.15, 0.2) is 152 Å². The maximum absolute atomic E-state index is 5.34. The van der Waals surface area contributed by atoms with E-state index >= 15 is 0 Å². The minimum Gasteiger partial charge on any atom is -0.298 e. The first-order valence-electron chi connectivity index (χ1n) is 14.2. The smallest absolute Gasteiger partial charge is 0.138 e. The Hall–Kier alpha value is -5.21. The molecule has 8 rings (SSSR count). The van der Waals surface area contributed by atoms with Gasteiger partial charge >= 0.3 is 0 Å². The third-order valence-corrected chi connectivity index (χ3v) is 8.38. The van der Waals surface area contributed by atoms with Crippen LogP contribution in [0.3, 0.4) is 0 Å². The fraction of sp³-hybridized carbons (Fsp3) is 0.0513. The van der Waals surface area contributed by atoms with E-state index in [-0.39, 0.29) is 5.92 Å². The van der Waals surface area contributed by atoms with Gasteiger partial charge in [-0.25, -0.2) is 4.98 Å². The SMILES string of the molecule is c1ccc(-c2cc(-c3ccccc3)nc(-n3c([C@@H]4Cc5ccccc5-c5ccccc54)cc4ccccc43)c2)cc1. The van der Waals surface area contributed by atoms with Gasteiger partial charge in [-0.3, -0.25) is 4.57 Å². The first kappa shape index (κ1) is 23.7. The van der Waals surface area contributed by atoms with Gasteiger partial charge in [0.2, 0.25) is 0 Å². The van der Waals surface area contributed by atoms with Crippen LogP contribution in [0.1, 0.15) is 22.7 Å². The second-order valence-corrected chi connectivity index (χ2v) is 10.8. The van der Waals surface area contributed by atoms with E-state index in [1.807, 2.05) is 0 Å². The molecule has 1 aliphatic carbocycles. The lowest BCUT2D eigenvalue weighted by molar-refractivity contribution is 0.742. The molecule has 41 heavy (non-hydrogen) atoms. The fourth-order valence-electron chi connectivity index (χ4n) is 6.47. The Morgan fingerprint density at radius 3 is 2.02 bits per heavy atom. The van der Waals surface area contributed by atoms with Crippen LogP contribution < -0.4 is 0 Å². The molecule has 0 amide bonds. The molecular weight excluding hydrogens is 496 g/mol. The van der Waals surface area contributed by atoms with Crippen LogP contribution in [0.25, 0.3) is 50.2 Å². The van der Waals surface area contributed by atoms with Gasteiger partial charge in [-0.2, -0.15) is 0 Å². The van der Waals surface area contributed by atoms with Crippen LogP contribution in [0.4, 0.5) is 0 Å². The summed E-state index contributed by atoms with van der Waals surface area (Å²) in [7, 11) is 0. The fourth-order valence-corrected chi connectivity index (χ4v) is 6.47. The third-order valence-electron chi connectivity index (χ3n) is 8.38. The van der Waals surface area contributed by atoms with E-state index in [0.717, 1.165) is 29.1 Å². The summed E-state index contributed by atoms with van der Waals surface area (Å²) in [6.07, 6.45) is 0.952. The molecule has 5 aromatic carbocycles. The normalized spacial score (nSPS) is 14.0. The molecule has 0 N–H and O–H groups in total. The molecule has 0 aliphatic heterocycles. The van der Waals surface area contributed by atoms with Gasteiger partial charge in [-0.15, -0.1) is 0 Å². The van der Waals surface area contributed by atoms with Crippen LogP contribution >= 0.6 is 0 Å². The van der Waals surface area contributed by atoms with Gasteiger partial charge in [-0.05, 0) is 64.1 Å². The van der Waals surface area contributed by atoms with Crippen LogP contribution in [-0.2, 0) is 6.42 Å². The van der Waals surface area contributed by atoms with Gasteiger partial charge < -0.3 is 0 Å². The summed E-state index contributed by atoms with van der Waals surface area (Å²) in [6, 6.07) is 54.4. The molecular formula is C39H28N2. The van der Waals surface area contributed by atoms with E-state index in [9.17, 15) is 0 Å². The average Bonchev–Trinajstić information content (AvgIpc) is 3.44. The predicted octanol–water partition coefficient (Wildman–Crippen LogP) is 9.71. The molecule has 0 bridgehead atoms. The Labute approximate surface area is 240 Å². The van der Waals surface area contributed by atoms with Crippen LogP contribution in [0.2, 0.25) is 0 Å². The largest absolute Gasteiger partial charge is 0.298 e. The van der Waals surface area contributed by atoms with E-state index in [1.165, 1.54) is 44.4 Å². The second-order valence-electron chi connectivity index (χ2n) is 10.8. The van der Waals surface area contributed by atoms with Gasteiger partial charge in [-0.1, -0.05) is 127 Å². The maximum Gasteiger partial charge on any atom is 0.138 e. The summed E-state index contributed by atoms with van der Waals surface area (Å²) in [6.45, 7) is 0. The zero-order valence-electron chi connectivity index (χ0n) is 22.6. The molecule has 1 atom stereocenters. The van der Waals surface area contributed by atoms with Crippen LogP contribution in [-0.4, -0.2) is 9.55 Å². The highest BCUT2D eigenvalue weighted by Crippen LogP contribution is 2.44. The molecule has 194 valence electrons. The molecule has 0 radical (unpaired) electrons. The summed E-state index contributed by atoms with van der Waals surface area (Å²) >= 11 is 0. The number of benzene rings is 5. The van der Waals surface area contributed by atoms with Crippen molar-refractivity contribution >= 4 is 10.9 Å². The maximum atomic E-state index is 5.34. The highest BCUT2D eigenvalue weighted by molar-refractivity contribution is 5.85. The molecule has 2 nitrogen and oxygen atoms in total. The minimum absolute atomic E-state index is 0.204. The molecule has 7 aromatic rings. The lowest BCUT2D eigenvalue weighted by atomic mass is 9.77. The molecule has 0 saturated carbocycles. The lowest BCUT2D eigenvalue weighted by Crippen LogP contribution is -2.16. The van der Waals surface area contributed by atoms with Gasteiger partial charge in [0.15, 0.2) is 0 Å². The number of hydrogen-bond acceptors (Lipinski definition) is 1. The number of nitrogens with zero attached hydrogens (tertiary/aromatic N) is 2. The third kappa shape index (κ3) is 4.08. The highest BCUT2D eigenvalue weighted by Gasteiger charge is 2.29. The van der Waals surface area contributed by atoms with Crippen LogP contribution in [0.5, 0.6) is 0 Å². The topological polar surface area (TPSA) is 17.8 Å². The number of fused-ring (bicyclic) bond motifs is 4. The van der Waals surface area contributed by atoms with Gasteiger partial charge in [0.25, 0.3) is 0 Å². The number of pyridine rings is 1. The van der Waals surface area contributed by atoms with Crippen molar-refractivity contribution in [3.63, 3.8) is 0 Å². The van der Waals surface area contributed by atoms with Gasteiger partial charge in [0, 0.05) is 22.6 Å². The summed E-state index contributed by atoms with van der Waals surface area (Å²) in [5, 5.41) is 1.23. The average molecular weight is 525 g/mol. The Morgan fingerprint density at radius 1 is 0.537 bits per heavy atom. The Morgan fingerprint density at radius 2 is 1.20 bits per heavy atom. The molecule has 0 spiro atoms. The molecule has 2 heteroatoms. The number of para-hydroxylation sites is 1. The summed E-state index contributed by atoms with van der Waals surface area (Å²) in [4.78, 5) is 5.34. The molecule has 0 unspecified atom stereocenters. The zero-order chi connectivity index (χ0) is 27.2. The van der Waals surface area contributed by atoms with Gasteiger partial charge in [0.1, 0.15) is 5.82 Å². The standard InChI is InChI=1S/C39H28N2/c1-3-13-27(14-4-1)31-24-36(28-15-5-2-6-16-28)40-39(26-31)41-37-22-12-8-18-30(37)25-38(41)35-23-29-17-7-9-19-32(29)33-20-10-11-21-34(33)35/h1-22,24-26,35H,23H2/t35-/m1/s1. The zero-order valence-corrected chi connectivity index (χ0v) is 22.6. The Balaban J connectivity index is 1.40. The van der Waals surface area contributed by atoms with E-state index in [1.54, 1.807) is 0 Å². The second kappa shape index (κ2) is 9.76. The number of hydrogen-bond donors (Lipinski definition) is 0. The Kier molecular flexibility index (Phi) is 5.63. The van der Waals surface area contributed by atoms with E-state index in [4.69, 9.17) is 4.98 Å². The molecule has 0 fully saturated rings. The minimum atomic E-state index is 0.204. The monoisotopic (exact) mass is 524 g/mol. The first-order valence-corrected chi connectivity index (χ1v) is 14.2. The van der Waals surface area contributed by atoms with Crippen molar-refractivity contribution in [2.45, 2.75) is 12.3 Å². The Bertz CT molecular complexity index is 1960. The summed E-state index contributed by atoms with van der Waals surface area (Å²) in [5.41, 5.74) is 12.3. The van der Waals surface area contributed by atoms with Crippen molar-refractivity contribution < 1.29 is 0 Å². The van der Waals surface area contributed by atoms with Crippen molar-refractivity contribution in [3.8, 4) is 39.3 Å². The highest BCUT2D eigenvalue weighted by atomic mass is 15.1. The van der Waals surface area contributed by atoms with Crippen molar-refractivity contribution in [1.82, 2.24) is 9.55 Å². The van der Waals surface area contributed by atoms with E-state index in [2.05, 4.69) is 156 Å². The van der Waals surface area contributed by atoms with Crippen molar-refractivity contribution in [2.75, 3.05) is 0 Å². The van der Waals surface area contributed by atoms with Crippen molar-refractivity contribution in [1.29, 1.82) is 0 Å². The molecule has 0 saturated heterocycles. The van der Waals surface area contributed by atoms with Gasteiger partial charge in [0.05, 0.1) is 11.2 Å².